The fourth-order valence-electron chi connectivity index (χ4n) is 3.11. The molecular formula is C25H20BrFN2O4. The third kappa shape index (κ3) is 5.78. The molecular weight excluding hydrogens is 491 g/mol. The van der Waals surface area contributed by atoms with Gasteiger partial charge in [-0.3, -0.25) is 4.79 Å². The van der Waals surface area contributed by atoms with Crippen LogP contribution in [0, 0.1) is 5.82 Å². The zero-order valence-electron chi connectivity index (χ0n) is 17.7. The number of hydrogen-bond acceptors (Lipinski definition) is 5. The Balaban J connectivity index is 1.36. The molecule has 1 heterocycles. The normalized spacial score (nSPS) is 11.1. The van der Waals surface area contributed by atoms with Crippen LogP contribution in [-0.4, -0.2) is 18.7 Å². The minimum atomic E-state index is -0.463. The highest BCUT2D eigenvalue weighted by molar-refractivity contribution is 9.10. The van der Waals surface area contributed by atoms with E-state index in [1.165, 1.54) is 18.3 Å². The first-order valence-electron chi connectivity index (χ1n) is 10.2. The Morgan fingerprint density at radius 2 is 2.00 bits per heavy atom. The number of furan rings is 1. The smallest absolute Gasteiger partial charge is 0.307 e. The first-order valence-corrected chi connectivity index (χ1v) is 11.0. The molecule has 0 aliphatic carbocycles. The van der Waals surface area contributed by atoms with Crippen molar-refractivity contribution in [2.75, 3.05) is 6.61 Å². The summed E-state index contributed by atoms with van der Waals surface area (Å²) in [4.78, 5) is 12.4. The summed E-state index contributed by atoms with van der Waals surface area (Å²) in [6.07, 6.45) is 1.51. The zero-order valence-corrected chi connectivity index (χ0v) is 19.3. The van der Waals surface area contributed by atoms with Crippen LogP contribution in [0.2, 0.25) is 0 Å². The van der Waals surface area contributed by atoms with Gasteiger partial charge < -0.3 is 13.9 Å². The monoisotopic (exact) mass is 510 g/mol. The van der Waals surface area contributed by atoms with E-state index in [9.17, 15) is 9.18 Å². The van der Waals surface area contributed by atoms with E-state index in [0.717, 1.165) is 16.5 Å². The van der Waals surface area contributed by atoms with Crippen molar-refractivity contribution >= 4 is 39.0 Å². The molecule has 168 valence electrons. The maximum atomic E-state index is 13.3. The van der Waals surface area contributed by atoms with Crippen molar-refractivity contribution in [2.24, 2.45) is 5.10 Å². The number of amides is 1. The van der Waals surface area contributed by atoms with Gasteiger partial charge in [0.05, 0.1) is 17.3 Å². The molecule has 1 amide bonds. The van der Waals surface area contributed by atoms with E-state index in [2.05, 4.69) is 26.5 Å². The molecule has 4 rings (SSSR count). The number of halogens is 2. The van der Waals surface area contributed by atoms with Crippen LogP contribution in [-0.2, 0) is 6.61 Å². The highest BCUT2D eigenvalue weighted by Gasteiger charge is 2.12. The predicted octanol–water partition coefficient (Wildman–Crippen LogP) is 6.08. The van der Waals surface area contributed by atoms with E-state index in [1.807, 2.05) is 13.0 Å². The van der Waals surface area contributed by atoms with Crippen LogP contribution >= 0.6 is 15.9 Å². The predicted molar refractivity (Wildman–Crippen MR) is 127 cm³/mol. The Bertz CT molecular complexity index is 1320. The second-order valence-corrected chi connectivity index (χ2v) is 7.91. The summed E-state index contributed by atoms with van der Waals surface area (Å²) in [6.45, 7) is 2.70. The average Bonchev–Trinajstić information content (AvgIpc) is 3.22. The summed E-state index contributed by atoms with van der Waals surface area (Å²) >= 11 is 3.46. The summed E-state index contributed by atoms with van der Waals surface area (Å²) < 4.78 is 30.8. The third-order valence-corrected chi connectivity index (χ3v) is 5.26. The van der Waals surface area contributed by atoms with Gasteiger partial charge in [0.2, 0.25) is 0 Å². The van der Waals surface area contributed by atoms with Crippen molar-refractivity contribution < 1.29 is 23.1 Å². The Labute approximate surface area is 198 Å². The number of nitrogens with one attached hydrogen (secondary N) is 1. The number of nitrogens with zero attached hydrogens (tertiary/aromatic N) is 1. The van der Waals surface area contributed by atoms with Crippen LogP contribution in [0.5, 0.6) is 11.5 Å². The second kappa shape index (κ2) is 10.3. The van der Waals surface area contributed by atoms with Crippen molar-refractivity contribution in [1.82, 2.24) is 5.43 Å². The van der Waals surface area contributed by atoms with E-state index < -0.39 is 5.91 Å². The molecule has 0 saturated heterocycles. The van der Waals surface area contributed by atoms with Gasteiger partial charge in [0, 0.05) is 5.39 Å². The summed E-state index contributed by atoms with van der Waals surface area (Å²) in [7, 11) is 0. The van der Waals surface area contributed by atoms with Crippen LogP contribution in [0.4, 0.5) is 4.39 Å². The van der Waals surface area contributed by atoms with Crippen molar-refractivity contribution in [3.05, 3.63) is 93.9 Å². The fourth-order valence-corrected chi connectivity index (χ4v) is 3.62. The first kappa shape index (κ1) is 22.5. The Hall–Kier alpha value is -3.65. The number of carbonyl (C=O) groups excluding carboxylic acids is 1. The molecule has 0 radical (unpaired) electrons. The molecule has 4 aromatic rings. The number of benzene rings is 3. The van der Waals surface area contributed by atoms with Gasteiger partial charge in [-0.05, 0) is 88.6 Å². The molecule has 1 N–H and O–H groups in total. The van der Waals surface area contributed by atoms with Gasteiger partial charge in [-0.2, -0.15) is 5.10 Å². The second-order valence-electron chi connectivity index (χ2n) is 7.05. The Morgan fingerprint density at radius 3 is 2.79 bits per heavy atom. The van der Waals surface area contributed by atoms with Gasteiger partial charge in [-0.15, -0.1) is 0 Å². The quantitative estimate of drug-likeness (QED) is 0.230. The molecule has 0 fully saturated rings. The average molecular weight is 511 g/mol. The molecule has 0 atom stereocenters. The lowest BCUT2D eigenvalue weighted by Gasteiger charge is -2.09. The standard InChI is InChI=1S/C25H20BrFN2O4/c1-2-31-20-7-9-22-18(12-20)13-24(33-22)25(30)29-28-14-16-6-8-23(21(26)11-16)32-15-17-4-3-5-19(27)10-17/h3-14H,2,15H2,1H3,(H,29,30)/b28-14+. The van der Waals surface area contributed by atoms with E-state index in [-0.39, 0.29) is 18.2 Å². The number of hydrogen-bond donors (Lipinski definition) is 1. The molecule has 1 aromatic heterocycles. The lowest BCUT2D eigenvalue weighted by atomic mass is 10.2. The molecule has 3 aromatic carbocycles. The topological polar surface area (TPSA) is 73.1 Å². The van der Waals surface area contributed by atoms with Crippen LogP contribution in [0.15, 0.2) is 80.7 Å². The van der Waals surface area contributed by atoms with Gasteiger partial charge in [0.1, 0.15) is 29.5 Å². The maximum Gasteiger partial charge on any atom is 0.307 e. The van der Waals surface area contributed by atoms with Crippen molar-refractivity contribution in [3.63, 3.8) is 0 Å². The third-order valence-electron chi connectivity index (χ3n) is 4.64. The van der Waals surface area contributed by atoms with Crippen LogP contribution in [0.1, 0.15) is 28.6 Å². The summed E-state index contributed by atoms with van der Waals surface area (Å²) in [5.74, 6) is 0.702. The number of fused-ring (bicyclic) bond motifs is 1. The summed E-state index contributed by atoms with van der Waals surface area (Å²) in [5, 5.41) is 4.77. The van der Waals surface area contributed by atoms with Crippen molar-refractivity contribution in [3.8, 4) is 11.5 Å². The van der Waals surface area contributed by atoms with E-state index in [4.69, 9.17) is 13.9 Å². The van der Waals surface area contributed by atoms with Crippen molar-refractivity contribution in [2.45, 2.75) is 13.5 Å². The summed E-state index contributed by atoms with van der Waals surface area (Å²) in [6, 6.07) is 18.6. The van der Waals surface area contributed by atoms with Gasteiger partial charge in [-0.1, -0.05) is 12.1 Å². The molecule has 0 spiro atoms. The largest absolute Gasteiger partial charge is 0.494 e. The van der Waals surface area contributed by atoms with Crippen LogP contribution < -0.4 is 14.9 Å². The van der Waals surface area contributed by atoms with Crippen LogP contribution in [0.25, 0.3) is 11.0 Å². The molecule has 8 heteroatoms. The summed E-state index contributed by atoms with van der Waals surface area (Å²) in [5.41, 5.74) is 4.52. The Kier molecular flexibility index (Phi) is 7.04. The Morgan fingerprint density at radius 1 is 1.12 bits per heavy atom. The SMILES string of the molecule is CCOc1ccc2oc(C(=O)N/N=C/c3ccc(OCc4cccc(F)c4)c(Br)c3)cc2c1. The van der Waals surface area contributed by atoms with Crippen LogP contribution in [0.3, 0.4) is 0 Å². The number of ether oxygens (including phenoxy) is 2. The molecule has 0 unspecified atom stereocenters. The van der Waals surface area contributed by atoms with Gasteiger partial charge in [0.25, 0.3) is 0 Å². The molecule has 0 saturated carbocycles. The number of hydrazone groups is 1. The molecule has 0 bridgehead atoms. The zero-order chi connectivity index (χ0) is 23.2. The maximum absolute atomic E-state index is 13.3. The van der Waals surface area contributed by atoms with Crippen molar-refractivity contribution in [1.29, 1.82) is 0 Å². The molecule has 6 nitrogen and oxygen atoms in total. The highest BCUT2D eigenvalue weighted by Crippen LogP contribution is 2.27. The first-order chi connectivity index (χ1) is 16.0. The number of rotatable bonds is 8. The fraction of sp³-hybridized carbons (Fsp3) is 0.120. The molecule has 33 heavy (non-hydrogen) atoms. The lowest BCUT2D eigenvalue weighted by Crippen LogP contribution is -2.16. The minimum Gasteiger partial charge on any atom is -0.494 e. The highest BCUT2D eigenvalue weighted by atomic mass is 79.9. The minimum absolute atomic E-state index is 0.151. The van der Waals surface area contributed by atoms with Gasteiger partial charge in [-0.25, -0.2) is 9.82 Å². The lowest BCUT2D eigenvalue weighted by molar-refractivity contribution is 0.0929. The van der Waals surface area contributed by atoms with E-state index in [0.29, 0.717) is 28.2 Å². The van der Waals surface area contributed by atoms with Gasteiger partial charge >= 0.3 is 5.91 Å². The van der Waals surface area contributed by atoms with E-state index in [1.54, 1.807) is 48.5 Å². The molecule has 0 aliphatic rings. The van der Waals surface area contributed by atoms with Gasteiger partial charge in [0.15, 0.2) is 5.76 Å². The van der Waals surface area contributed by atoms with E-state index >= 15 is 0 Å². The number of carbonyl (C=O) groups is 1. The molecule has 0 aliphatic heterocycles.